The maximum atomic E-state index is 15.6. The van der Waals surface area contributed by atoms with Crippen molar-refractivity contribution in [3.8, 4) is 5.75 Å². The largest absolute Gasteiger partial charge is 0.462 e. The van der Waals surface area contributed by atoms with E-state index < -0.39 is 73.4 Å². The van der Waals surface area contributed by atoms with Gasteiger partial charge in [-0.1, -0.05) is 18.2 Å². The van der Waals surface area contributed by atoms with Gasteiger partial charge < -0.3 is 24.8 Å². The number of halogens is 2. The van der Waals surface area contributed by atoms with Gasteiger partial charge in [-0.15, -0.1) is 0 Å². The van der Waals surface area contributed by atoms with E-state index in [4.69, 9.17) is 24.3 Å². The van der Waals surface area contributed by atoms with Crippen molar-refractivity contribution in [2.24, 2.45) is 0 Å². The number of alkyl halides is 1. The Labute approximate surface area is 217 Å². The Hall–Kier alpha value is -2.90. The van der Waals surface area contributed by atoms with E-state index in [1.807, 2.05) is 0 Å². The molecule has 1 aromatic carbocycles. The lowest BCUT2D eigenvalue weighted by Crippen LogP contribution is -2.45. The predicted molar refractivity (Wildman–Crippen MR) is 131 cm³/mol. The van der Waals surface area contributed by atoms with Gasteiger partial charge in [0.2, 0.25) is 0 Å². The lowest BCUT2D eigenvalue weighted by atomic mass is 9.96. The molecule has 15 heteroatoms. The number of esters is 1. The molecule has 4 N–H and O–H groups in total. The van der Waals surface area contributed by atoms with Crippen LogP contribution < -0.4 is 21.0 Å². The Morgan fingerprint density at radius 3 is 2.53 bits per heavy atom. The van der Waals surface area contributed by atoms with Crippen molar-refractivity contribution < 1.29 is 41.8 Å². The van der Waals surface area contributed by atoms with Crippen molar-refractivity contribution in [2.45, 2.75) is 77.0 Å². The molecule has 1 fully saturated rings. The van der Waals surface area contributed by atoms with Crippen LogP contribution in [0.4, 0.5) is 14.6 Å². The third-order valence-electron chi connectivity index (χ3n) is 5.64. The number of nitrogens with zero attached hydrogens (tertiary/aromatic N) is 2. The second kappa shape index (κ2) is 11.5. The number of nitrogens with two attached hydrogens (primary N) is 1. The molecule has 2 heterocycles. The summed E-state index contributed by atoms with van der Waals surface area (Å²) < 4.78 is 65.9. The van der Waals surface area contributed by atoms with Gasteiger partial charge in [0, 0.05) is 0 Å². The molecular formula is C23H31F2N4O8P. The number of rotatable bonds is 10. The van der Waals surface area contributed by atoms with Crippen LogP contribution in [-0.2, 0) is 23.4 Å². The van der Waals surface area contributed by atoms with Crippen LogP contribution in [0.5, 0.6) is 5.75 Å². The lowest BCUT2D eigenvalue weighted by molar-refractivity contribution is -0.149. The van der Waals surface area contributed by atoms with E-state index in [9.17, 15) is 23.7 Å². The van der Waals surface area contributed by atoms with Crippen LogP contribution in [0.3, 0.4) is 0 Å². The molecule has 1 saturated heterocycles. The van der Waals surface area contributed by atoms with Gasteiger partial charge in [-0.3, -0.25) is 13.9 Å². The summed E-state index contributed by atoms with van der Waals surface area (Å²) in [7, 11) is -4.41. The standard InChI is InChI=1S/C23H31F2N4O8P/c1-12(2)34-20(31)13(3)28-38(33,37-15-9-7-6-8-10-15)36-14(4)17-18(30)23(5,25)21(35-17)29-11-16(24)19(26)27-22(29)32/h6-14,17-18,21,30H,1-5H3,(H,28,33)(H2,26,27,32)/t13-,14-,17+,18-,21+,23?,38?/m0/s1. The van der Waals surface area contributed by atoms with E-state index in [1.165, 1.54) is 26.0 Å². The van der Waals surface area contributed by atoms with Crippen molar-refractivity contribution in [2.75, 3.05) is 5.73 Å². The Balaban J connectivity index is 1.88. The zero-order chi connectivity index (χ0) is 28.4. The number of nitrogens with one attached hydrogen (secondary N) is 1. The first-order chi connectivity index (χ1) is 17.6. The van der Waals surface area contributed by atoms with Gasteiger partial charge in [0.25, 0.3) is 0 Å². The molecule has 1 aliphatic rings. The van der Waals surface area contributed by atoms with Gasteiger partial charge in [-0.05, 0) is 46.8 Å². The number of aliphatic hydroxyl groups is 1. The molecule has 1 aromatic heterocycles. The highest BCUT2D eigenvalue weighted by molar-refractivity contribution is 7.52. The summed E-state index contributed by atoms with van der Waals surface area (Å²) in [6.07, 6.45) is -6.45. The van der Waals surface area contributed by atoms with Crippen molar-refractivity contribution in [3.05, 3.63) is 52.8 Å². The topological polar surface area (TPSA) is 164 Å². The minimum atomic E-state index is -4.41. The van der Waals surface area contributed by atoms with Crippen LogP contribution >= 0.6 is 7.75 Å². The normalized spacial score (nSPS) is 26.5. The highest BCUT2D eigenvalue weighted by atomic mass is 31.2. The summed E-state index contributed by atoms with van der Waals surface area (Å²) in [5.41, 5.74) is 1.54. The van der Waals surface area contributed by atoms with Gasteiger partial charge in [-0.25, -0.2) is 18.1 Å². The molecule has 0 aliphatic carbocycles. The van der Waals surface area contributed by atoms with Gasteiger partial charge in [-0.2, -0.15) is 10.1 Å². The number of hydrogen-bond acceptors (Lipinski definition) is 10. The molecular weight excluding hydrogens is 529 g/mol. The molecule has 0 spiro atoms. The van der Waals surface area contributed by atoms with E-state index in [2.05, 4.69) is 10.1 Å². The van der Waals surface area contributed by atoms with Gasteiger partial charge in [0.15, 0.2) is 23.5 Å². The van der Waals surface area contributed by atoms with Crippen molar-refractivity contribution in [3.63, 3.8) is 0 Å². The van der Waals surface area contributed by atoms with Crippen LogP contribution in [0.25, 0.3) is 0 Å². The summed E-state index contributed by atoms with van der Waals surface area (Å²) in [4.78, 5) is 27.9. The summed E-state index contributed by atoms with van der Waals surface area (Å²) in [5.74, 6) is -2.40. The van der Waals surface area contributed by atoms with Crippen LogP contribution in [-0.4, -0.2) is 56.8 Å². The van der Waals surface area contributed by atoms with Gasteiger partial charge in [0.05, 0.1) is 18.4 Å². The molecule has 210 valence electrons. The molecule has 0 amide bonds. The minimum absolute atomic E-state index is 0.121. The number of para-hydroxylation sites is 1. The number of aromatic nitrogens is 2. The molecule has 0 radical (unpaired) electrons. The summed E-state index contributed by atoms with van der Waals surface area (Å²) in [6, 6.07) is 6.74. The van der Waals surface area contributed by atoms with Crippen molar-refractivity contribution in [1.29, 1.82) is 0 Å². The quantitative estimate of drug-likeness (QED) is 0.289. The Kier molecular flexibility index (Phi) is 8.94. The number of ether oxygens (including phenoxy) is 2. The number of hydrogen-bond donors (Lipinski definition) is 3. The smallest absolute Gasteiger partial charge is 0.459 e. The summed E-state index contributed by atoms with van der Waals surface area (Å²) >= 11 is 0. The van der Waals surface area contributed by atoms with Crippen molar-refractivity contribution >= 4 is 19.5 Å². The monoisotopic (exact) mass is 560 g/mol. The molecule has 3 rings (SSSR count). The van der Waals surface area contributed by atoms with Gasteiger partial charge >= 0.3 is 19.4 Å². The van der Waals surface area contributed by atoms with E-state index in [-0.39, 0.29) is 5.75 Å². The number of benzene rings is 1. The molecule has 0 saturated carbocycles. The summed E-state index contributed by atoms with van der Waals surface area (Å²) in [6.45, 7) is 6.92. The van der Waals surface area contributed by atoms with Crippen LogP contribution in [0, 0.1) is 5.82 Å². The Bertz CT molecular complexity index is 1250. The number of anilines is 1. The number of carbonyl (C=O) groups is 1. The summed E-state index contributed by atoms with van der Waals surface area (Å²) in [5, 5.41) is 13.2. The number of aliphatic hydroxyl groups excluding tert-OH is 1. The molecule has 2 unspecified atom stereocenters. The highest BCUT2D eigenvalue weighted by Crippen LogP contribution is 2.49. The van der Waals surface area contributed by atoms with Crippen molar-refractivity contribution in [1.82, 2.24) is 14.6 Å². The second-order valence-corrected chi connectivity index (χ2v) is 10.9. The molecule has 2 aromatic rings. The fraction of sp³-hybridized carbons (Fsp3) is 0.522. The van der Waals surface area contributed by atoms with Crippen LogP contribution in [0.2, 0.25) is 0 Å². The predicted octanol–water partition coefficient (Wildman–Crippen LogP) is 2.47. The maximum absolute atomic E-state index is 15.6. The number of nitrogen functional groups attached to an aromatic ring is 1. The van der Waals surface area contributed by atoms with Crippen LogP contribution in [0.1, 0.15) is 40.8 Å². The Morgan fingerprint density at radius 1 is 1.29 bits per heavy atom. The Morgan fingerprint density at radius 2 is 1.92 bits per heavy atom. The lowest BCUT2D eigenvalue weighted by Gasteiger charge is -2.29. The second-order valence-electron chi connectivity index (χ2n) is 9.26. The average Bonchev–Trinajstić information content (AvgIpc) is 3.05. The fourth-order valence-corrected chi connectivity index (χ4v) is 5.45. The van der Waals surface area contributed by atoms with Gasteiger partial charge in [0.1, 0.15) is 24.0 Å². The van der Waals surface area contributed by atoms with E-state index in [0.717, 1.165) is 6.92 Å². The first kappa shape index (κ1) is 29.7. The molecule has 1 aliphatic heterocycles. The third-order valence-corrected chi connectivity index (χ3v) is 7.40. The fourth-order valence-electron chi connectivity index (χ4n) is 3.76. The third kappa shape index (κ3) is 6.56. The maximum Gasteiger partial charge on any atom is 0.459 e. The van der Waals surface area contributed by atoms with E-state index >= 15 is 4.39 Å². The zero-order valence-electron chi connectivity index (χ0n) is 21.4. The molecule has 38 heavy (non-hydrogen) atoms. The molecule has 7 atom stereocenters. The zero-order valence-corrected chi connectivity index (χ0v) is 22.3. The SMILES string of the molecule is CC(C)OC(=O)[C@H](C)NP(=O)(Oc1ccccc1)O[C@@H](C)[C@H]1O[C@@H](n2cc(F)c(N)nc2=O)C(C)(F)[C@H]1O. The first-order valence-corrected chi connectivity index (χ1v) is 13.3. The molecule has 12 nitrogen and oxygen atoms in total. The highest BCUT2D eigenvalue weighted by Gasteiger charge is 2.58. The first-order valence-electron chi connectivity index (χ1n) is 11.7. The van der Waals surface area contributed by atoms with Crippen LogP contribution in [0.15, 0.2) is 41.3 Å². The van der Waals surface area contributed by atoms with E-state index in [1.54, 1.807) is 32.0 Å². The minimum Gasteiger partial charge on any atom is -0.462 e. The number of carbonyl (C=O) groups excluding carboxylic acids is 1. The van der Waals surface area contributed by atoms with E-state index in [0.29, 0.717) is 10.8 Å². The molecule has 0 bridgehead atoms. The average molecular weight is 560 g/mol.